The highest BCUT2D eigenvalue weighted by Gasteiger charge is 2.32. The van der Waals surface area contributed by atoms with Crippen molar-refractivity contribution in [2.24, 2.45) is 0 Å². The van der Waals surface area contributed by atoms with Crippen molar-refractivity contribution < 1.29 is 14.6 Å². The zero-order chi connectivity index (χ0) is 16.4. The number of esters is 1. The van der Waals surface area contributed by atoms with Crippen LogP contribution in [-0.2, 0) is 4.74 Å². The van der Waals surface area contributed by atoms with E-state index in [2.05, 4.69) is 15.3 Å². The summed E-state index contributed by atoms with van der Waals surface area (Å²) in [5.41, 5.74) is -0.651. The Kier molecular flexibility index (Phi) is 4.73. The van der Waals surface area contributed by atoms with Gasteiger partial charge in [-0.25, -0.2) is 14.8 Å². The molecule has 2 saturated carbocycles. The summed E-state index contributed by atoms with van der Waals surface area (Å²) < 4.78 is 4.75. The van der Waals surface area contributed by atoms with Crippen LogP contribution in [0.2, 0.25) is 5.02 Å². The van der Waals surface area contributed by atoms with Gasteiger partial charge >= 0.3 is 5.97 Å². The number of halogens is 1. The molecule has 2 N–H and O–H groups in total. The molecule has 2 fully saturated rings. The van der Waals surface area contributed by atoms with Gasteiger partial charge in [0, 0.05) is 12.5 Å². The van der Waals surface area contributed by atoms with Crippen LogP contribution in [0, 0.1) is 0 Å². The number of hydrogen-bond acceptors (Lipinski definition) is 6. The SMILES string of the molecule is COC(=O)c1nc(C2CC2)nc(NCC2(O)CCCCC2)c1Cl. The maximum Gasteiger partial charge on any atom is 0.358 e. The molecular weight excluding hydrogens is 318 g/mol. The van der Waals surface area contributed by atoms with E-state index in [4.69, 9.17) is 16.3 Å². The Bertz CT molecular complexity index is 598. The molecule has 0 atom stereocenters. The molecule has 1 aromatic rings. The van der Waals surface area contributed by atoms with E-state index in [1.807, 2.05) is 0 Å². The van der Waals surface area contributed by atoms with Gasteiger partial charge in [0.15, 0.2) is 5.69 Å². The Balaban J connectivity index is 1.82. The van der Waals surface area contributed by atoms with Gasteiger partial charge in [0.25, 0.3) is 0 Å². The molecule has 0 aromatic carbocycles. The molecule has 6 nitrogen and oxygen atoms in total. The van der Waals surface area contributed by atoms with Crippen molar-refractivity contribution in [1.29, 1.82) is 0 Å². The second-order valence-electron chi connectivity index (χ2n) is 6.50. The number of nitrogens with zero attached hydrogens (tertiary/aromatic N) is 2. The molecule has 7 heteroatoms. The van der Waals surface area contributed by atoms with Crippen molar-refractivity contribution in [2.75, 3.05) is 19.0 Å². The summed E-state index contributed by atoms with van der Waals surface area (Å²) >= 11 is 6.27. The van der Waals surface area contributed by atoms with Gasteiger partial charge in [0.05, 0.1) is 12.7 Å². The molecule has 0 aliphatic heterocycles. The third-order valence-corrected chi connectivity index (χ3v) is 4.92. The summed E-state index contributed by atoms with van der Waals surface area (Å²) in [7, 11) is 1.30. The van der Waals surface area contributed by atoms with Crippen LogP contribution >= 0.6 is 11.6 Å². The Hall–Kier alpha value is -1.40. The average molecular weight is 340 g/mol. The van der Waals surface area contributed by atoms with Crippen molar-refractivity contribution in [3.05, 3.63) is 16.5 Å². The minimum atomic E-state index is -0.738. The number of hydrogen-bond donors (Lipinski definition) is 2. The number of methoxy groups -OCH3 is 1. The fourth-order valence-corrected chi connectivity index (χ4v) is 3.20. The molecular formula is C16H22ClN3O3. The second kappa shape index (κ2) is 6.61. The number of carbonyl (C=O) groups excluding carboxylic acids is 1. The Morgan fingerprint density at radius 1 is 1.35 bits per heavy atom. The third-order valence-electron chi connectivity index (χ3n) is 4.56. The summed E-state index contributed by atoms with van der Waals surface area (Å²) in [6.07, 6.45) is 6.78. The highest BCUT2D eigenvalue weighted by molar-refractivity contribution is 6.35. The van der Waals surface area contributed by atoms with E-state index < -0.39 is 11.6 Å². The summed E-state index contributed by atoms with van der Waals surface area (Å²) in [6.45, 7) is 0.369. The molecule has 1 heterocycles. The lowest BCUT2D eigenvalue weighted by Gasteiger charge is -2.32. The van der Waals surface area contributed by atoms with Crippen LogP contribution in [0.25, 0.3) is 0 Å². The normalized spacial score (nSPS) is 20.1. The highest BCUT2D eigenvalue weighted by atomic mass is 35.5. The van der Waals surface area contributed by atoms with Gasteiger partial charge in [-0.1, -0.05) is 30.9 Å². The van der Waals surface area contributed by atoms with Crippen LogP contribution in [-0.4, -0.2) is 40.3 Å². The molecule has 126 valence electrons. The summed E-state index contributed by atoms with van der Waals surface area (Å²) in [5, 5.41) is 13.9. The molecule has 1 aromatic heterocycles. The average Bonchev–Trinajstić information content (AvgIpc) is 3.39. The van der Waals surface area contributed by atoms with Gasteiger partial charge in [-0.3, -0.25) is 0 Å². The Labute approximate surface area is 140 Å². The van der Waals surface area contributed by atoms with Gasteiger partial charge in [0.1, 0.15) is 16.7 Å². The number of rotatable bonds is 5. The number of carbonyl (C=O) groups is 1. The van der Waals surface area contributed by atoms with Crippen LogP contribution in [0.1, 0.15) is 67.2 Å². The van der Waals surface area contributed by atoms with Gasteiger partial charge < -0.3 is 15.2 Å². The van der Waals surface area contributed by atoms with E-state index in [0.717, 1.165) is 44.9 Å². The molecule has 0 bridgehead atoms. The van der Waals surface area contributed by atoms with Crippen LogP contribution in [0.15, 0.2) is 0 Å². The first-order chi connectivity index (χ1) is 11.0. The first-order valence-corrected chi connectivity index (χ1v) is 8.52. The minimum Gasteiger partial charge on any atom is -0.464 e. The minimum absolute atomic E-state index is 0.0872. The van der Waals surface area contributed by atoms with E-state index >= 15 is 0 Å². The molecule has 0 radical (unpaired) electrons. The maximum atomic E-state index is 11.9. The predicted octanol–water partition coefficient (Wildman–Crippen LogP) is 2.90. The third kappa shape index (κ3) is 3.75. The predicted molar refractivity (Wildman–Crippen MR) is 86.9 cm³/mol. The van der Waals surface area contributed by atoms with Crippen molar-refractivity contribution in [3.63, 3.8) is 0 Å². The van der Waals surface area contributed by atoms with Crippen molar-refractivity contribution >= 4 is 23.4 Å². The van der Waals surface area contributed by atoms with Crippen LogP contribution in [0.4, 0.5) is 5.82 Å². The number of aromatic nitrogens is 2. The molecule has 0 saturated heterocycles. The number of aliphatic hydroxyl groups is 1. The molecule has 3 rings (SSSR count). The first-order valence-electron chi connectivity index (χ1n) is 8.14. The van der Waals surface area contributed by atoms with Crippen LogP contribution < -0.4 is 5.32 Å². The summed E-state index contributed by atoms with van der Waals surface area (Å²) in [5.74, 6) is 0.739. The lowest BCUT2D eigenvalue weighted by Crippen LogP contribution is -2.39. The van der Waals surface area contributed by atoms with E-state index in [1.54, 1.807) is 0 Å². The van der Waals surface area contributed by atoms with E-state index in [9.17, 15) is 9.90 Å². The number of ether oxygens (including phenoxy) is 1. The molecule has 23 heavy (non-hydrogen) atoms. The van der Waals surface area contributed by atoms with Crippen molar-refractivity contribution in [3.8, 4) is 0 Å². The summed E-state index contributed by atoms with van der Waals surface area (Å²) in [4.78, 5) is 20.6. The van der Waals surface area contributed by atoms with Gasteiger partial charge in [0.2, 0.25) is 0 Å². The zero-order valence-electron chi connectivity index (χ0n) is 13.3. The zero-order valence-corrected chi connectivity index (χ0v) is 14.0. The Morgan fingerprint density at radius 3 is 2.65 bits per heavy atom. The second-order valence-corrected chi connectivity index (χ2v) is 6.88. The Morgan fingerprint density at radius 2 is 2.04 bits per heavy atom. The lowest BCUT2D eigenvalue weighted by atomic mass is 9.85. The number of nitrogens with one attached hydrogen (secondary N) is 1. The molecule has 0 unspecified atom stereocenters. The largest absolute Gasteiger partial charge is 0.464 e. The van der Waals surface area contributed by atoms with Crippen molar-refractivity contribution in [1.82, 2.24) is 9.97 Å². The van der Waals surface area contributed by atoms with Gasteiger partial charge in [-0.2, -0.15) is 0 Å². The molecule has 2 aliphatic rings. The lowest BCUT2D eigenvalue weighted by molar-refractivity contribution is 0.0166. The smallest absolute Gasteiger partial charge is 0.358 e. The highest BCUT2D eigenvalue weighted by Crippen LogP contribution is 2.40. The molecule has 2 aliphatic carbocycles. The monoisotopic (exact) mass is 339 g/mol. The van der Waals surface area contributed by atoms with Gasteiger partial charge in [-0.05, 0) is 25.7 Å². The fourth-order valence-electron chi connectivity index (χ4n) is 2.97. The van der Waals surface area contributed by atoms with E-state index in [0.29, 0.717) is 18.2 Å². The van der Waals surface area contributed by atoms with E-state index in [1.165, 1.54) is 7.11 Å². The van der Waals surface area contributed by atoms with Gasteiger partial charge in [-0.15, -0.1) is 0 Å². The summed E-state index contributed by atoms with van der Waals surface area (Å²) in [6, 6.07) is 0. The van der Waals surface area contributed by atoms with Crippen LogP contribution in [0.5, 0.6) is 0 Å². The topological polar surface area (TPSA) is 84.3 Å². The first kappa shape index (κ1) is 16.5. The van der Waals surface area contributed by atoms with E-state index in [-0.39, 0.29) is 16.6 Å². The fraction of sp³-hybridized carbons (Fsp3) is 0.688. The maximum absolute atomic E-state index is 11.9. The van der Waals surface area contributed by atoms with Crippen LogP contribution in [0.3, 0.4) is 0 Å². The quantitative estimate of drug-likeness (QED) is 0.802. The van der Waals surface area contributed by atoms with Crippen molar-refractivity contribution in [2.45, 2.75) is 56.5 Å². The number of anilines is 1. The molecule has 0 spiro atoms. The standard InChI is InChI=1S/C16H22ClN3O3/c1-23-15(21)12-11(17)14(20-13(19-12)10-5-6-10)18-9-16(22)7-3-2-4-8-16/h10,22H,2-9H2,1H3,(H,18,19,20). The molecule has 0 amide bonds.